The molecule has 0 fully saturated rings. The quantitative estimate of drug-likeness (QED) is 0.832. The molecule has 0 aliphatic rings. The molecule has 0 atom stereocenters. The highest BCUT2D eigenvalue weighted by molar-refractivity contribution is 6.74. The fourth-order valence-corrected chi connectivity index (χ4v) is 2.50. The zero-order valence-electron chi connectivity index (χ0n) is 12.6. The number of nitrogens with two attached hydrogens (primary N) is 1. The number of hydrogen-bond donors (Lipinski definition) is 1. The van der Waals surface area contributed by atoms with Gasteiger partial charge in [0.05, 0.1) is 5.56 Å². The summed E-state index contributed by atoms with van der Waals surface area (Å²) in [7, 11) is -2.09. The van der Waals surface area contributed by atoms with Gasteiger partial charge in [-0.25, -0.2) is 0 Å². The molecular weight excluding hydrogens is 283 g/mol. The average Bonchev–Trinajstić information content (AvgIpc) is 2.26. The van der Waals surface area contributed by atoms with Gasteiger partial charge in [0.25, 0.3) is 0 Å². The second kappa shape index (κ2) is 5.41. The minimum Gasteiger partial charge on any atom is -0.543 e. The smallest absolute Gasteiger partial charge is 0.416 e. The van der Waals surface area contributed by atoms with Crippen molar-refractivity contribution in [1.82, 2.24) is 0 Å². The lowest BCUT2D eigenvalue weighted by Gasteiger charge is -2.37. The van der Waals surface area contributed by atoms with E-state index in [1.54, 1.807) is 0 Å². The van der Waals surface area contributed by atoms with E-state index in [0.717, 1.165) is 12.1 Å². The molecule has 2 nitrogen and oxygen atoms in total. The number of benzene rings is 1. The molecule has 0 radical (unpaired) electrons. The molecule has 2 N–H and O–H groups in total. The molecule has 0 aliphatic heterocycles. The summed E-state index contributed by atoms with van der Waals surface area (Å²) in [5, 5.41) is -0.0262. The van der Waals surface area contributed by atoms with Crippen LogP contribution in [-0.2, 0) is 12.7 Å². The second-order valence-corrected chi connectivity index (χ2v) is 11.1. The summed E-state index contributed by atoms with van der Waals surface area (Å²) in [5.74, 6) is 0.465. The third-order valence-electron chi connectivity index (χ3n) is 3.78. The van der Waals surface area contributed by atoms with Crippen molar-refractivity contribution in [2.45, 2.75) is 51.6 Å². The summed E-state index contributed by atoms with van der Waals surface area (Å²) in [6.07, 6.45) is -4.36. The van der Waals surface area contributed by atoms with Gasteiger partial charge in [-0.2, -0.15) is 13.2 Å². The lowest BCUT2D eigenvalue weighted by Crippen LogP contribution is -2.44. The molecule has 0 aliphatic carbocycles. The van der Waals surface area contributed by atoms with Gasteiger partial charge >= 0.3 is 6.18 Å². The van der Waals surface area contributed by atoms with Crippen molar-refractivity contribution in [2.75, 3.05) is 0 Å². The Morgan fingerprint density at radius 2 is 1.70 bits per heavy atom. The molecule has 0 bridgehead atoms. The molecule has 1 aromatic carbocycles. The number of halogens is 3. The molecule has 0 heterocycles. The van der Waals surface area contributed by atoms with Gasteiger partial charge in [0.2, 0.25) is 8.32 Å². The van der Waals surface area contributed by atoms with Gasteiger partial charge in [-0.3, -0.25) is 0 Å². The Morgan fingerprint density at radius 3 is 2.10 bits per heavy atom. The van der Waals surface area contributed by atoms with Gasteiger partial charge in [0.1, 0.15) is 5.75 Å². The summed E-state index contributed by atoms with van der Waals surface area (Å²) in [6.45, 7) is 10.3. The molecule has 0 unspecified atom stereocenters. The van der Waals surface area contributed by atoms with Crippen LogP contribution >= 0.6 is 0 Å². The average molecular weight is 305 g/mol. The first-order valence-corrected chi connectivity index (χ1v) is 9.38. The van der Waals surface area contributed by atoms with Crippen LogP contribution in [0.25, 0.3) is 0 Å². The van der Waals surface area contributed by atoms with E-state index in [9.17, 15) is 13.2 Å². The second-order valence-electron chi connectivity index (χ2n) is 6.39. The molecule has 20 heavy (non-hydrogen) atoms. The largest absolute Gasteiger partial charge is 0.543 e. The zero-order valence-corrected chi connectivity index (χ0v) is 13.6. The molecule has 0 spiro atoms. The first-order chi connectivity index (χ1) is 8.88. The van der Waals surface area contributed by atoms with Crippen molar-refractivity contribution in [3.63, 3.8) is 0 Å². The minimum absolute atomic E-state index is 0.0217. The van der Waals surface area contributed by atoms with Crippen molar-refractivity contribution >= 4 is 8.32 Å². The summed E-state index contributed by atoms with van der Waals surface area (Å²) < 4.78 is 44.1. The fourth-order valence-electron chi connectivity index (χ4n) is 1.44. The van der Waals surface area contributed by atoms with Crippen molar-refractivity contribution in [3.8, 4) is 5.75 Å². The van der Waals surface area contributed by atoms with E-state index >= 15 is 0 Å². The summed E-state index contributed by atoms with van der Waals surface area (Å²) in [4.78, 5) is 0. The van der Waals surface area contributed by atoms with Crippen LogP contribution in [0.15, 0.2) is 18.2 Å². The molecule has 0 aromatic heterocycles. The first-order valence-electron chi connectivity index (χ1n) is 6.48. The standard InChI is InChI=1S/C14H22F3NOSi/c1-13(2,3)20(4,5)19-12-7-6-11(14(15,16)17)8-10(12)9-18/h6-8H,9,18H2,1-5H3. The van der Waals surface area contributed by atoms with E-state index in [-0.39, 0.29) is 11.6 Å². The van der Waals surface area contributed by atoms with E-state index in [1.165, 1.54) is 6.07 Å². The van der Waals surface area contributed by atoms with E-state index < -0.39 is 20.1 Å². The highest BCUT2D eigenvalue weighted by atomic mass is 28.4. The van der Waals surface area contributed by atoms with Gasteiger partial charge in [-0.05, 0) is 36.3 Å². The van der Waals surface area contributed by atoms with Crippen molar-refractivity contribution in [1.29, 1.82) is 0 Å². The van der Waals surface area contributed by atoms with Gasteiger partial charge in [-0.15, -0.1) is 0 Å². The maximum atomic E-state index is 12.7. The third-order valence-corrected chi connectivity index (χ3v) is 8.12. The van der Waals surface area contributed by atoms with Gasteiger partial charge in [0.15, 0.2) is 0 Å². The number of rotatable bonds is 3. The van der Waals surface area contributed by atoms with Gasteiger partial charge < -0.3 is 10.2 Å². The van der Waals surface area contributed by atoms with E-state index in [4.69, 9.17) is 10.2 Å². The maximum absolute atomic E-state index is 12.7. The van der Waals surface area contributed by atoms with E-state index in [0.29, 0.717) is 11.3 Å². The fraction of sp³-hybridized carbons (Fsp3) is 0.571. The van der Waals surface area contributed by atoms with Crippen LogP contribution in [0.2, 0.25) is 18.1 Å². The number of hydrogen-bond acceptors (Lipinski definition) is 2. The van der Waals surface area contributed by atoms with Gasteiger partial charge in [0, 0.05) is 12.1 Å². The number of alkyl halides is 3. The van der Waals surface area contributed by atoms with Crippen LogP contribution in [0, 0.1) is 0 Å². The molecule has 0 saturated heterocycles. The lowest BCUT2D eigenvalue weighted by atomic mass is 10.1. The molecule has 1 aromatic rings. The molecular formula is C14H22F3NOSi. The zero-order chi connectivity index (χ0) is 15.8. The van der Waals surface area contributed by atoms with Crippen molar-refractivity contribution in [2.24, 2.45) is 5.73 Å². The Kier molecular flexibility index (Phi) is 4.61. The van der Waals surface area contributed by atoms with Crippen molar-refractivity contribution < 1.29 is 17.6 Å². The SMILES string of the molecule is CC(C)(C)[Si](C)(C)Oc1ccc(C(F)(F)F)cc1CN. The molecule has 1 rings (SSSR count). The highest BCUT2D eigenvalue weighted by Crippen LogP contribution is 2.39. The lowest BCUT2D eigenvalue weighted by molar-refractivity contribution is -0.137. The minimum atomic E-state index is -4.36. The topological polar surface area (TPSA) is 35.2 Å². The molecule has 6 heteroatoms. The van der Waals surface area contributed by atoms with E-state index in [1.807, 2.05) is 13.1 Å². The van der Waals surface area contributed by atoms with Crippen LogP contribution < -0.4 is 10.2 Å². The Balaban J connectivity index is 3.15. The Bertz CT molecular complexity index is 478. The monoisotopic (exact) mass is 305 g/mol. The van der Waals surface area contributed by atoms with Crippen LogP contribution in [0.5, 0.6) is 5.75 Å². The predicted octanol–water partition coefficient (Wildman–Crippen LogP) is 4.55. The molecule has 0 amide bonds. The van der Waals surface area contributed by atoms with Crippen molar-refractivity contribution in [3.05, 3.63) is 29.3 Å². The predicted molar refractivity (Wildman–Crippen MR) is 77.2 cm³/mol. The third kappa shape index (κ3) is 3.76. The Labute approximate surface area is 119 Å². The van der Waals surface area contributed by atoms with Crippen LogP contribution in [0.4, 0.5) is 13.2 Å². The summed E-state index contributed by atoms with van der Waals surface area (Å²) >= 11 is 0. The first kappa shape index (κ1) is 17.0. The molecule has 114 valence electrons. The van der Waals surface area contributed by atoms with Crippen LogP contribution in [0.1, 0.15) is 31.9 Å². The Hall–Kier alpha value is -1.01. The van der Waals surface area contributed by atoms with E-state index in [2.05, 4.69) is 20.8 Å². The summed E-state index contributed by atoms with van der Waals surface area (Å²) in [6, 6.07) is 3.50. The Morgan fingerprint density at radius 1 is 1.15 bits per heavy atom. The normalized spacial score (nSPS) is 13.4. The molecule has 0 saturated carbocycles. The van der Waals surface area contributed by atoms with Gasteiger partial charge in [-0.1, -0.05) is 20.8 Å². The van der Waals surface area contributed by atoms with Crippen LogP contribution in [0.3, 0.4) is 0 Å². The maximum Gasteiger partial charge on any atom is 0.416 e. The summed E-state index contributed by atoms with van der Waals surface area (Å²) in [5.41, 5.74) is 5.26. The highest BCUT2D eigenvalue weighted by Gasteiger charge is 2.39. The van der Waals surface area contributed by atoms with Crippen LogP contribution in [-0.4, -0.2) is 8.32 Å².